The van der Waals surface area contributed by atoms with E-state index >= 15 is 0 Å². The normalized spacial score (nSPS) is 18.6. The van der Waals surface area contributed by atoms with E-state index in [4.69, 9.17) is 9.47 Å². The Bertz CT molecular complexity index is 889. The van der Waals surface area contributed by atoms with E-state index in [1.54, 1.807) is 38.5 Å². The number of carbonyl (C=O) groups excluding carboxylic acids is 2. The lowest BCUT2D eigenvalue weighted by Gasteiger charge is -2.32. The van der Waals surface area contributed by atoms with Gasteiger partial charge in [0.25, 0.3) is 11.8 Å². The minimum atomic E-state index is -0.199. The Hall–Kier alpha value is -2.09. The number of fused-ring (bicyclic) bond motifs is 2. The molecule has 1 aliphatic carbocycles. The van der Waals surface area contributed by atoms with Crippen molar-refractivity contribution in [2.45, 2.75) is 25.3 Å². The van der Waals surface area contributed by atoms with Gasteiger partial charge in [0.15, 0.2) is 0 Å². The fourth-order valence-electron chi connectivity index (χ4n) is 4.00. The Labute approximate surface area is 165 Å². The van der Waals surface area contributed by atoms with Crippen LogP contribution in [-0.2, 0) is 12.8 Å². The molecule has 0 fully saturated rings. The first kappa shape index (κ1) is 17.3. The first-order valence-electron chi connectivity index (χ1n) is 8.46. The first-order chi connectivity index (χ1) is 12.6. The number of carbonyl (C=O) groups is 2. The Morgan fingerprint density at radius 3 is 2.27 bits per heavy atom. The summed E-state index contributed by atoms with van der Waals surface area (Å²) in [4.78, 5) is 27.0. The van der Waals surface area contributed by atoms with Crippen LogP contribution in [0.4, 0.5) is 0 Å². The molecule has 0 saturated carbocycles. The standard InChI is InChI=1S/C20H18INO4/c1-25-17-10-16(21)18(26-2)12-8-7-11(9-15(12)17)22-19(23)13-5-3-4-6-14(13)20(22)24/h3-6,10-11H,7-9H2,1-2H3. The van der Waals surface area contributed by atoms with Gasteiger partial charge < -0.3 is 9.47 Å². The van der Waals surface area contributed by atoms with Crippen molar-refractivity contribution in [3.8, 4) is 11.5 Å². The number of benzene rings is 2. The molecule has 2 aromatic rings. The van der Waals surface area contributed by atoms with Crippen LogP contribution in [0.3, 0.4) is 0 Å². The predicted molar refractivity (Wildman–Crippen MR) is 105 cm³/mol. The molecule has 0 radical (unpaired) electrons. The fourth-order valence-corrected chi connectivity index (χ4v) is 4.83. The third-order valence-corrected chi connectivity index (χ3v) is 5.99. The third kappa shape index (κ3) is 2.50. The molecule has 1 heterocycles. The zero-order chi connectivity index (χ0) is 18.4. The smallest absolute Gasteiger partial charge is 0.261 e. The average Bonchev–Trinajstić information content (AvgIpc) is 2.92. The molecule has 1 aliphatic heterocycles. The van der Waals surface area contributed by atoms with Crippen LogP contribution in [0.2, 0.25) is 0 Å². The van der Waals surface area contributed by atoms with E-state index in [-0.39, 0.29) is 17.9 Å². The van der Waals surface area contributed by atoms with E-state index in [1.807, 2.05) is 6.07 Å². The number of hydrogen-bond donors (Lipinski definition) is 0. The maximum Gasteiger partial charge on any atom is 0.261 e. The molecular formula is C20H18INO4. The molecular weight excluding hydrogens is 445 g/mol. The van der Waals surface area contributed by atoms with Gasteiger partial charge in [-0.05, 0) is 60.1 Å². The van der Waals surface area contributed by atoms with Crippen molar-refractivity contribution in [2.75, 3.05) is 14.2 Å². The molecule has 2 aliphatic rings. The number of hydrogen-bond acceptors (Lipinski definition) is 4. The largest absolute Gasteiger partial charge is 0.496 e. The third-order valence-electron chi connectivity index (χ3n) is 5.19. The van der Waals surface area contributed by atoms with Gasteiger partial charge in [-0.1, -0.05) is 12.1 Å². The monoisotopic (exact) mass is 463 g/mol. The van der Waals surface area contributed by atoms with Crippen LogP contribution in [0.15, 0.2) is 30.3 Å². The number of nitrogens with zero attached hydrogens (tertiary/aromatic N) is 1. The molecule has 0 aromatic heterocycles. The topological polar surface area (TPSA) is 55.8 Å². The zero-order valence-corrected chi connectivity index (χ0v) is 16.7. The van der Waals surface area contributed by atoms with Crippen LogP contribution in [0.5, 0.6) is 11.5 Å². The summed E-state index contributed by atoms with van der Waals surface area (Å²) in [5.74, 6) is 1.25. The molecule has 0 saturated heterocycles. The van der Waals surface area contributed by atoms with E-state index in [1.165, 1.54) is 4.90 Å². The molecule has 0 N–H and O–H groups in total. The van der Waals surface area contributed by atoms with Gasteiger partial charge in [0.1, 0.15) is 11.5 Å². The van der Waals surface area contributed by atoms with Gasteiger partial charge in [-0.3, -0.25) is 14.5 Å². The number of imide groups is 1. The Kier molecular flexibility index (Phi) is 4.38. The second-order valence-corrected chi connectivity index (χ2v) is 7.64. The van der Waals surface area contributed by atoms with Gasteiger partial charge in [0, 0.05) is 17.2 Å². The van der Waals surface area contributed by atoms with Crippen LogP contribution >= 0.6 is 22.6 Å². The highest BCUT2D eigenvalue weighted by Crippen LogP contribution is 2.41. The molecule has 6 heteroatoms. The van der Waals surface area contributed by atoms with Crippen LogP contribution in [0.25, 0.3) is 0 Å². The highest BCUT2D eigenvalue weighted by atomic mass is 127. The lowest BCUT2D eigenvalue weighted by molar-refractivity contribution is 0.0570. The van der Waals surface area contributed by atoms with Gasteiger partial charge >= 0.3 is 0 Å². The summed E-state index contributed by atoms with van der Waals surface area (Å²) in [6, 6.07) is 8.80. The maximum absolute atomic E-state index is 12.8. The van der Waals surface area contributed by atoms with E-state index in [0.717, 1.165) is 39.0 Å². The van der Waals surface area contributed by atoms with Gasteiger partial charge in [-0.2, -0.15) is 0 Å². The Morgan fingerprint density at radius 2 is 1.69 bits per heavy atom. The molecule has 134 valence electrons. The van der Waals surface area contributed by atoms with E-state index in [9.17, 15) is 9.59 Å². The van der Waals surface area contributed by atoms with Crippen molar-refractivity contribution in [1.29, 1.82) is 0 Å². The number of amides is 2. The van der Waals surface area contributed by atoms with Crippen molar-refractivity contribution >= 4 is 34.4 Å². The van der Waals surface area contributed by atoms with Crippen molar-refractivity contribution in [1.82, 2.24) is 4.90 Å². The summed E-state index contributed by atoms with van der Waals surface area (Å²) in [6.07, 6.45) is 2.04. The second-order valence-electron chi connectivity index (χ2n) is 6.47. The highest BCUT2D eigenvalue weighted by molar-refractivity contribution is 14.1. The van der Waals surface area contributed by atoms with E-state index in [0.29, 0.717) is 17.5 Å². The fraction of sp³-hybridized carbons (Fsp3) is 0.300. The average molecular weight is 463 g/mol. The molecule has 2 amide bonds. The maximum atomic E-state index is 12.8. The molecule has 2 aromatic carbocycles. The van der Waals surface area contributed by atoms with Crippen LogP contribution < -0.4 is 9.47 Å². The first-order valence-corrected chi connectivity index (χ1v) is 9.53. The quantitative estimate of drug-likeness (QED) is 0.517. The lowest BCUT2D eigenvalue weighted by Crippen LogP contribution is -2.43. The molecule has 0 bridgehead atoms. The predicted octanol–water partition coefficient (Wildman–Crippen LogP) is 3.46. The van der Waals surface area contributed by atoms with E-state index in [2.05, 4.69) is 22.6 Å². The summed E-state index contributed by atoms with van der Waals surface area (Å²) in [5.41, 5.74) is 3.13. The van der Waals surface area contributed by atoms with Gasteiger partial charge in [0.05, 0.1) is 28.9 Å². The molecule has 1 unspecified atom stereocenters. The number of ether oxygens (including phenoxy) is 2. The summed E-state index contributed by atoms with van der Waals surface area (Å²) in [7, 11) is 3.31. The van der Waals surface area contributed by atoms with Gasteiger partial charge in [-0.15, -0.1) is 0 Å². The molecule has 0 spiro atoms. The van der Waals surface area contributed by atoms with Crippen molar-refractivity contribution in [2.24, 2.45) is 0 Å². The van der Waals surface area contributed by atoms with Gasteiger partial charge in [-0.25, -0.2) is 0 Å². The molecule has 26 heavy (non-hydrogen) atoms. The van der Waals surface area contributed by atoms with Crippen molar-refractivity contribution in [3.63, 3.8) is 0 Å². The molecule has 5 nitrogen and oxygen atoms in total. The van der Waals surface area contributed by atoms with Gasteiger partial charge in [0.2, 0.25) is 0 Å². The molecule has 1 atom stereocenters. The second kappa shape index (κ2) is 6.57. The van der Waals surface area contributed by atoms with Crippen LogP contribution in [0, 0.1) is 3.57 Å². The van der Waals surface area contributed by atoms with Crippen molar-refractivity contribution in [3.05, 3.63) is 56.2 Å². The highest BCUT2D eigenvalue weighted by Gasteiger charge is 2.41. The minimum Gasteiger partial charge on any atom is -0.496 e. The SMILES string of the molecule is COc1cc(I)c(OC)c2c1CC(N1C(=O)c3ccccc3C1=O)CC2. The Morgan fingerprint density at radius 1 is 1.04 bits per heavy atom. The lowest BCUT2D eigenvalue weighted by atomic mass is 9.86. The summed E-state index contributed by atoms with van der Waals surface area (Å²) < 4.78 is 12.2. The number of halogens is 1. The molecule has 4 rings (SSSR count). The van der Waals surface area contributed by atoms with Crippen LogP contribution in [-0.4, -0.2) is 37.0 Å². The summed E-state index contributed by atoms with van der Waals surface area (Å²) >= 11 is 2.24. The summed E-state index contributed by atoms with van der Waals surface area (Å²) in [5, 5.41) is 0. The van der Waals surface area contributed by atoms with Crippen molar-refractivity contribution < 1.29 is 19.1 Å². The summed E-state index contributed by atoms with van der Waals surface area (Å²) in [6.45, 7) is 0. The van der Waals surface area contributed by atoms with Crippen LogP contribution in [0.1, 0.15) is 38.3 Å². The number of rotatable bonds is 3. The van der Waals surface area contributed by atoms with E-state index < -0.39 is 0 Å². The zero-order valence-electron chi connectivity index (χ0n) is 14.5. The Balaban J connectivity index is 1.72. The number of methoxy groups -OCH3 is 2. The minimum absolute atomic E-state index is 0.173.